The molecule has 0 aliphatic carbocycles. The van der Waals surface area contributed by atoms with E-state index in [1.54, 1.807) is 24.7 Å². The number of pyridine rings is 2. The lowest BCUT2D eigenvalue weighted by atomic mass is 9.98. The van der Waals surface area contributed by atoms with Crippen LogP contribution in [0.4, 0.5) is 11.4 Å². The fourth-order valence-electron chi connectivity index (χ4n) is 2.89. The molecule has 0 aliphatic heterocycles. The Balaban J connectivity index is 1.75. The number of nitrogens with zero attached hydrogens (tertiary/aromatic N) is 2. The summed E-state index contributed by atoms with van der Waals surface area (Å²) in [5.41, 5.74) is 5.66. The summed E-state index contributed by atoms with van der Waals surface area (Å²) in [6.45, 7) is 6.84. The molecule has 138 valence electrons. The van der Waals surface area contributed by atoms with E-state index < -0.39 is 0 Å². The second-order valence-corrected chi connectivity index (χ2v) is 6.79. The predicted octanol–water partition coefficient (Wildman–Crippen LogP) is 4.58. The van der Waals surface area contributed by atoms with E-state index >= 15 is 0 Å². The van der Waals surface area contributed by atoms with E-state index in [4.69, 9.17) is 0 Å². The molecule has 3 rings (SSSR count). The summed E-state index contributed by atoms with van der Waals surface area (Å²) >= 11 is 0. The number of aromatic nitrogens is 2. The number of hydrogen-bond acceptors (Lipinski definition) is 4. The fourth-order valence-corrected chi connectivity index (χ4v) is 2.89. The zero-order valence-electron chi connectivity index (χ0n) is 15.9. The summed E-state index contributed by atoms with van der Waals surface area (Å²) in [4.78, 5) is 20.7. The first kappa shape index (κ1) is 18.6. The number of anilines is 2. The Morgan fingerprint density at radius 3 is 2.70 bits per heavy atom. The first-order chi connectivity index (χ1) is 13.0. The van der Waals surface area contributed by atoms with Crippen LogP contribution in [-0.4, -0.2) is 15.9 Å². The third kappa shape index (κ3) is 4.70. The number of rotatable bonds is 6. The zero-order chi connectivity index (χ0) is 19.2. The molecular weight excluding hydrogens is 336 g/mol. The van der Waals surface area contributed by atoms with Crippen molar-refractivity contribution >= 4 is 17.3 Å². The predicted molar refractivity (Wildman–Crippen MR) is 108 cm³/mol. The largest absolute Gasteiger partial charge is 0.355 e. The number of carbonyl (C=O) groups is 1. The summed E-state index contributed by atoms with van der Waals surface area (Å²) in [6.07, 6.45) is 5.09. The maximum absolute atomic E-state index is 12.4. The van der Waals surface area contributed by atoms with Gasteiger partial charge in [0.05, 0.1) is 0 Å². The van der Waals surface area contributed by atoms with Gasteiger partial charge in [-0.05, 0) is 47.7 Å². The van der Waals surface area contributed by atoms with E-state index in [2.05, 4.69) is 59.6 Å². The van der Waals surface area contributed by atoms with Gasteiger partial charge in [0, 0.05) is 36.5 Å². The van der Waals surface area contributed by atoms with E-state index in [-0.39, 0.29) is 5.91 Å². The molecule has 0 saturated heterocycles. The Hall–Kier alpha value is -3.21. The van der Waals surface area contributed by atoms with Crippen LogP contribution in [0.1, 0.15) is 46.9 Å². The molecule has 2 N–H and O–H groups in total. The molecule has 0 aliphatic rings. The maximum Gasteiger partial charge on any atom is 0.270 e. The number of hydrogen-bond donors (Lipinski definition) is 2. The highest BCUT2D eigenvalue weighted by atomic mass is 16.1. The molecule has 3 aromatic rings. The third-order valence-electron chi connectivity index (χ3n) is 4.36. The first-order valence-electron chi connectivity index (χ1n) is 9.04. The second-order valence-electron chi connectivity index (χ2n) is 6.79. The summed E-state index contributed by atoms with van der Waals surface area (Å²) in [7, 11) is 0. The average Bonchev–Trinajstić information content (AvgIpc) is 2.68. The van der Waals surface area contributed by atoms with Crippen molar-refractivity contribution in [3.63, 3.8) is 0 Å². The van der Waals surface area contributed by atoms with Crippen LogP contribution >= 0.6 is 0 Å². The SMILES string of the molecule is Cc1cccc(C(C)C)c1Nc1ccnc(C(=O)NCc2cccnc2)c1. The van der Waals surface area contributed by atoms with Crippen molar-refractivity contribution in [3.8, 4) is 0 Å². The van der Waals surface area contributed by atoms with Gasteiger partial charge in [-0.15, -0.1) is 0 Å². The molecule has 0 bridgehead atoms. The molecule has 0 radical (unpaired) electrons. The third-order valence-corrected chi connectivity index (χ3v) is 4.36. The van der Waals surface area contributed by atoms with Gasteiger partial charge >= 0.3 is 0 Å². The van der Waals surface area contributed by atoms with Crippen molar-refractivity contribution in [1.29, 1.82) is 0 Å². The van der Waals surface area contributed by atoms with E-state index in [1.807, 2.05) is 18.2 Å². The quantitative estimate of drug-likeness (QED) is 0.675. The lowest BCUT2D eigenvalue weighted by molar-refractivity contribution is 0.0946. The normalized spacial score (nSPS) is 10.7. The Morgan fingerprint density at radius 2 is 1.96 bits per heavy atom. The van der Waals surface area contributed by atoms with E-state index in [0.29, 0.717) is 18.2 Å². The second kappa shape index (κ2) is 8.45. The molecule has 0 unspecified atom stereocenters. The first-order valence-corrected chi connectivity index (χ1v) is 9.04. The highest BCUT2D eigenvalue weighted by molar-refractivity contribution is 5.93. The van der Waals surface area contributed by atoms with Gasteiger partial charge in [0.25, 0.3) is 5.91 Å². The fraction of sp³-hybridized carbons (Fsp3) is 0.227. The number of amides is 1. The van der Waals surface area contributed by atoms with E-state index in [9.17, 15) is 4.79 Å². The van der Waals surface area contributed by atoms with Crippen LogP contribution in [-0.2, 0) is 6.54 Å². The number of para-hydroxylation sites is 1. The van der Waals surface area contributed by atoms with Crippen LogP contribution in [0.3, 0.4) is 0 Å². The highest BCUT2D eigenvalue weighted by Gasteiger charge is 2.12. The van der Waals surface area contributed by atoms with Crippen LogP contribution in [0.5, 0.6) is 0 Å². The molecule has 2 aromatic heterocycles. The van der Waals surface area contributed by atoms with Crippen LogP contribution in [0.15, 0.2) is 61.1 Å². The van der Waals surface area contributed by atoms with Crippen molar-refractivity contribution in [2.75, 3.05) is 5.32 Å². The minimum atomic E-state index is -0.212. The number of nitrogens with one attached hydrogen (secondary N) is 2. The van der Waals surface area contributed by atoms with Gasteiger partial charge in [0.1, 0.15) is 5.69 Å². The molecule has 0 saturated carbocycles. The standard InChI is InChI=1S/C22H24N4O/c1-15(2)19-8-4-6-16(3)21(19)26-18-9-11-24-20(12-18)22(27)25-14-17-7-5-10-23-13-17/h4-13,15H,14H2,1-3H3,(H,24,26)(H,25,27). The molecule has 5 heteroatoms. The van der Waals surface area contributed by atoms with Gasteiger partial charge in [-0.3, -0.25) is 14.8 Å². The maximum atomic E-state index is 12.4. The Labute approximate surface area is 159 Å². The molecule has 0 fully saturated rings. The van der Waals surface area contributed by atoms with Gasteiger partial charge in [-0.2, -0.15) is 0 Å². The summed E-state index contributed by atoms with van der Waals surface area (Å²) < 4.78 is 0. The summed E-state index contributed by atoms with van der Waals surface area (Å²) in [5, 5.41) is 6.34. The minimum Gasteiger partial charge on any atom is -0.355 e. The Morgan fingerprint density at radius 1 is 1.11 bits per heavy atom. The number of benzene rings is 1. The summed E-state index contributed by atoms with van der Waals surface area (Å²) in [5.74, 6) is 0.188. The molecule has 5 nitrogen and oxygen atoms in total. The minimum absolute atomic E-state index is 0.212. The molecule has 27 heavy (non-hydrogen) atoms. The molecule has 0 spiro atoms. The van der Waals surface area contributed by atoms with Crippen molar-refractivity contribution < 1.29 is 4.79 Å². The zero-order valence-corrected chi connectivity index (χ0v) is 15.9. The van der Waals surface area contributed by atoms with Crippen LogP contribution in [0.2, 0.25) is 0 Å². The van der Waals surface area contributed by atoms with Gasteiger partial charge in [0.15, 0.2) is 0 Å². The topological polar surface area (TPSA) is 66.9 Å². The lowest BCUT2D eigenvalue weighted by Crippen LogP contribution is -2.23. The van der Waals surface area contributed by atoms with Crippen LogP contribution < -0.4 is 10.6 Å². The smallest absolute Gasteiger partial charge is 0.270 e. The summed E-state index contributed by atoms with van der Waals surface area (Å²) in [6, 6.07) is 13.7. The molecule has 2 heterocycles. The molecule has 1 amide bonds. The van der Waals surface area contributed by atoms with Crippen molar-refractivity contribution in [3.05, 3.63) is 83.4 Å². The molecular formula is C22H24N4O. The number of aryl methyl sites for hydroxylation is 1. The van der Waals surface area contributed by atoms with E-state index in [0.717, 1.165) is 16.9 Å². The van der Waals surface area contributed by atoms with Gasteiger partial charge in [-0.1, -0.05) is 38.1 Å². The van der Waals surface area contributed by atoms with Gasteiger partial charge in [-0.25, -0.2) is 0 Å². The van der Waals surface area contributed by atoms with Crippen molar-refractivity contribution in [2.45, 2.75) is 33.2 Å². The van der Waals surface area contributed by atoms with Crippen molar-refractivity contribution in [1.82, 2.24) is 15.3 Å². The van der Waals surface area contributed by atoms with Crippen molar-refractivity contribution in [2.24, 2.45) is 0 Å². The lowest BCUT2D eigenvalue weighted by Gasteiger charge is -2.17. The Bertz CT molecular complexity index is 923. The van der Waals surface area contributed by atoms with E-state index in [1.165, 1.54) is 11.1 Å². The Kier molecular flexibility index (Phi) is 5.81. The van der Waals surface area contributed by atoms with Gasteiger partial charge < -0.3 is 10.6 Å². The number of carbonyl (C=O) groups excluding carboxylic acids is 1. The monoisotopic (exact) mass is 360 g/mol. The molecule has 0 atom stereocenters. The van der Waals surface area contributed by atoms with Crippen LogP contribution in [0, 0.1) is 6.92 Å². The highest BCUT2D eigenvalue weighted by Crippen LogP contribution is 2.30. The average molecular weight is 360 g/mol. The molecule has 1 aromatic carbocycles. The van der Waals surface area contributed by atoms with Crippen LogP contribution in [0.25, 0.3) is 0 Å². The van der Waals surface area contributed by atoms with Gasteiger partial charge in [0.2, 0.25) is 0 Å².